The minimum Gasteiger partial charge on any atom is -0.481 e. The van der Waals surface area contributed by atoms with Gasteiger partial charge in [-0.05, 0) is 18.8 Å². The molecule has 0 aliphatic carbocycles. The van der Waals surface area contributed by atoms with Crippen LogP contribution in [0.25, 0.3) is 0 Å². The van der Waals surface area contributed by atoms with Crippen LogP contribution in [0.5, 0.6) is 0 Å². The summed E-state index contributed by atoms with van der Waals surface area (Å²) >= 11 is 0. The third-order valence-electron chi connectivity index (χ3n) is 3.05. The Kier molecular flexibility index (Phi) is 3.72. The molecule has 4 nitrogen and oxygen atoms in total. The molecule has 0 spiro atoms. The van der Waals surface area contributed by atoms with E-state index in [2.05, 4.69) is 0 Å². The Labute approximate surface area is 90.3 Å². The molecule has 1 saturated heterocycles. The minimum atomic E-state index is -0.778. The average Bonchev–Trinajstić information content (AvgIpc) is 2.12. The second-order valence-corrected chi connectivity index (χ2v) is 4.68. The molecule has 0 aromatic rings. The summed E-state index contributed by atoms with van der Waals surface area (Å²) in [5.41, 5.74) is 0. The Balaban J connectivity index is 2.79. The predicted octanol–water partition coefficient (Wildman–Crippen LogP) is 1.35. The number of hydrogen-bond acceptors (Lipinski definition) is 2. The number of amides is 1. The molecule has 1 amide bonds. The van der Waals surface area contributed by atoms with Gasteiger partial charge in [-0.2, -0.15) is 0 Å². The monoisotopic (exact) mass is 213 g/mol. The summed E-state index contributed by atoms with van der Waals surface area (Å²) in [6.45, 7) is 4.09. The quantitative estimate of drug-likeness (QED) is 0.770. The first-order valence-electron chi connectivity index (χ1n) is 5.42. The number of aliphatic carboxylic acids is 1. The number of carbonyl (C=O) groups is 2. The van der Waals surface area contributed by atoms with Crippen molar-refractivity contribution in [2.24, 2.45) is 11.8 Å². The highest BCUT2D eigenvalue weighted by molar-refractivity contribution is 5.81. The van der Waals surface area contributed by atoms with Gasteiger partial charge in [-0.3, -0.25) is 9.59 Å². The molecule has 2 atom stereocenters. The van der Waals surface area contributed by atoms with Gasteiger partial charge in [0, 0.05) is 19.5 Å². The lowest BCUT2D eigenvalue weighted by atomic mass is 9.84. The number of nitrogens with zero attached hydrogens (tertiary/aromatic N) is 1. The maximum Gasteiger partial charge on any atom is 0.308 e. The van der Waals surface area contributed by atoms with Gasteiger partial charge in [-0.25, -0.2) is 0 Å². The topological polar surface area (TPSA) is 57.6 Å². The molecule has 0 aromatic heterocycles. The second kappa shape index (κ2) is 4.64. The molecule has 15 heavy (non-hydrogen) atoms. The number of likely N-dealkylation sites (tertiary alicyclic amines) is 1. The van der Waals surface area contributed by atoms with Crippen LogP contribution in [-0.2, 0) is 9.59 Å². The molecular formula is C11H19NO3. The second-order valence-electron chi connectivity index (χ2n) is 4.68. The largest absolute Gasteiger partial charge is 0.481 e. The van der Waals surface area contributed by atoms with Crippen molar-refractivity contribution in [2.75, 3.05) is 7.05 Å². The van der Waals surface area contributed by atoms with Gasteiger partial charge in [-0.1, -0.05) is 13.8 Å². The summed E-state index contributed by atoms with van der Waals surface area (Å²) in [6.07, 6.45) is 1.61. The first kappa shape index (κ1) is 12.0. The van der Waals surface area contributed by atoms with E-state index in [4.69, 9.17) is 5.11 Å². The van der Waals surface area contributed by atoms with E-state index in [1.165, 1.54) is 0 Å². The van der Waals surface area contributed by atoms with Crippen molar-refractivity contribution >= 4 is 11.9 Å². The van der Waals surface area contributed by atoms with Crippen LogP contribution in [0.1, 0.15) is 33.1 Å². The Hall–Kier alpha value is -1.06. The van der Waals surface area contributed by atoms with E-state index in [1.54, 1.807) is 11.9 Å². The van der Waals surface area contributed by atoms with Crippen molar-refractivity contribution in [3.8, 4) is 0 Å². The van der Waals surface area contributed by atoms with Gasteiger partial charge in [0.15, 0.2) is 0 Å². The standard InChI is InChI=1S/C11H19NO3/c1-7(2)6-9-8(11(14)15)4-5-10(13)12(9)3/h7-9H,4-6H2,1-3H3,(H,14,15)/t8-,9+/m0/s1. The van der Waals surface area contributed by atoms with Crippen LogP contribution in [0.4, 0.5) is 0 Å². The van der Waals surface area contributed by atoms with Gasteiger partial charge in [-0.15, -0.1) is 0 Å². The fourth-order valence-corrected chi connectivity index (χ4v) is 2.20. The van der Waals surface area contributed by atoms with Crippen molar-refractivity contribution in [2.45, 2.75) is 39.2 Å². The number of carboxylic acids is 1. The Morgan fingerprint density at radius 2 is 2.20 bits per heavy atom. The molecule has 0 bridgehead atoms. The van der Waals surface area contributed by atoms with E-state index >= 15 is 0 Å². The molecule has 1 aliphatic rings. The molecule has 0 aromatic carbocycles. The summed E-state index contributed by atoms with van der Waals surface area (Å²) in [4.78, 5) is 24.2. The lowest BCUT2D eigenvalue weighted by Crippen LogP contribution is -2.49. The van der Waals surface area contributed by atoms with E-state index in [0.29, 0.717) is 18.8 Å². The van der Waals surface area contributed by atoms with Gasteiger partial charge >= 0.3 is 5.97 Å². The van der Waals surface area contributed by atoms with Crippen molar-refractivity contribution in [1.82, 2.24) is 4.90 Å². The van der Waals surface area contributed by atoms with Gasteiger partial charge in [0.05, 0.1) is 5.92 Å². The highest BCUT2D eigenvalue weighted by Crippen LogP contribution is 2.28. The summed E-state index contributed by atoms with van der Waals surface area (Å²) in [6, 6.07) is -0.135. The Morgan fingerprint density at radius 3 is 2.67 bits per heavy atom. The molecule has 1 N–H and O–H groups in total. The molecule has 1 heterocycles. The molecule has 1 aliphatic heterocycles. The van der Waals surface area contributed by atoms with Crippen LogP contribution < -0.4 is 0 Å². The van der Waals surface area contributed by atoms with Crippen molar-refractivity contribution in [1.29, 1.82) is 0 Å². The highest BCUT2D eigenvalue weighted by Gasteiger charge is 2.37. The van der Waals surface area contributed by atoms with E-state index in [0.717, 1.165) is 6.42 Å². The molecule has 0 radical (unpaired) electrons. The SMILES string of the molecule is CC(C)C[C@@H]1[C@@H](C(=O)O)CCC(=O)N1C. The zero-order chi connectivity index (χ0) is 11.6. The predicted molar refractivity (Wildman–Crippen MR) is 56.4 cm³/mol. The van der Waals surface area contributed by atoms with Crippen molar-refractivity contribution in [3.63, 3.8) is 0 Å². The van der Waals surface area contributed by atoms with E-state index in [1.807, 2.05) is 13.8 Å². The zero-order valence-corrected chi connectivity index (χ0v) is 9.56. The fraction of sp³-hybridized carbons (Fsp3) is 0.818. The minimum absolute atomic E-state index is 0.0677. The maximum absolute atomic E-state index is 11.5. The first-order valence-corrected chi connectivity index (χ1v) is 5.42. The van der Waals surface area contributed by atoms with Crippen molar-refractivity contribution in [3.05, 3.63) is 0 Å². The summed E-state index contributed by atoms with van der Waals surface area (Å²) in [5.74, 6) is -0.696. The van der Waals surface area contributed by atoms with Crippen molar-refractivity contribution < 1.29 is 14.7 Å². The molecule has 1 fully saturated rings. The summed E-state index contributed by atoms with van der Waals surface area (Å²) < 4.78 is 0. The lowest BCUT2D eigenvalue weighted by molar-refractivity contribution is -0.151. The van der Waals surface area contributed by atoms with E-state index < -0.39 is 11.9 Å². The molecule has 0 saturated carbocycles. The van der Waals surface area contributed by atoms with Gasteiger partial charge < -0.3 is 10.0 Å². The molecular weight excluding hydrogens is 194 g/mol. The third-order valence-corrected chi connectivity index (χ3v) is 3.05. The average molecular weight is 213 g/mol. The van der Waals surface area contributed by atoms with Crippen LogP contribution in [0, 0.1) is 11.8 Å². The van der Waals surface area contributed by atoms with Crippen LogP contribution in [0.15, 0.2) is 0 Å². The van der Waals surface area contributed by atoms with Gasteiger partial charge in [0.25, 0.3) is 0 Å². The van der Waals surface area contributed by atoms with Gasteiger partial charge in [0.2, 0.25) is 5.91 Å². The zero-order valence-electron chi connectivity index (χ0n) is 9.56. The number of piperidine rings is 1. The molecule has 86 valence electrons. The van der Waals surface area contributed by atoms with Gasteiger partial charge in [0.1, 0.15) is 0 Å². The van der Waals surface area contributed by atoms with Crippen LogP contribution >= 0.6 is 0 Å². The molecule has 1 rings (SSSR count). The maximum atomic E-state index is 11.5. The fourth-order valence-electron chi connectivity index (χ4n) is 2.20. The molecule has 4 heteroatoms. The Morgan fingerprint density at radius 1 is 1.60 bits per heavy atom. The highest BCUT2D eigenvalue weighted by atomic mass is 16.4. The smallest absolute Gasteiger partial charge is 0.308 e. The summed E-state index contributed by atoms with van der Waals surface area (Å²) in [7, 11) is 1.71. The third kappa shape index (κ3) is 2.70. The number of carbonyl (C=O) groups excluding carboxylic acids is 1. The normalized spacial score (nSPS) is 27.2. The summed E-state index contributed by atoms with van der Waals surface area (Å²) in [5, 5.41) is 9.09. The van der Waals surface area contributed by atoms with E-state index in [-0.39, 0.29) is 11.9 Å². The van der Waals surface area contributed by atoms with E-state index in [9.17, 15) is 9.59 Å². The lowest BCUT2D eigenvalue weighted by Gasteiger charge is -2.37. The van der Waals surface area contributed by atoms with Crippen LogP contribution in [0.3, 0.4) is 0 Å². The van der Waals surface area contributed by atoms with Crippen LogP contribution in [-0.4, -0.2) is 35.0 Å². The number of carboxylic acid groups (broad SMARTS) is 1. The Bertz CT molecular complexity index is 263. The number of hydrogen-bond donors (Lipinski definition) is 1. The molecule has 0 unspecified atom stereocenters. The van der Waals surface area contributed by atoms with Crippen LogP contribution in [0.2, 0.25) is 0 Å². The first-order chi connectivity index (χ1) is 6.93. The number of rotatable bonds is 3.